The van der Waals surface area contributed by atoms with E-state index in [0.717, 1.165) is 11.1 Å². The number of cyclic esters (lactones) is 2. The van der Waals surface area contributed by atoms with E-state index in [9.17, 15) is 9.59 Å². The molecule has 1 fully saturated rings. The van der Waals surface area contributed by atoms with E-state index < -0.39 is 24.1 Å². The molecule has 3 rings (SSSR count). The number of hydrogen-bond acceptors (Lipinski definition) is 4. The quantitative estimate of drug-likeness (QED) is 0.799. The third-order valence-corrected chi connectivity index (χ3v) is 3.71. The average Bonchev–Trinajstić information content (AvgIpc) is 2.50. The fourth-order valence-electron chi connectivity index (χ4n) is 2.59. The van der Waals surface area contributed by atoms with Crippen molar-refractivity contribution >= 4 is 11.9 Å². The van der Waals surface area contributed by atoms with Crippen LogP contribution in [0.5, 0.6) is 0 Å². The number of aryl methyl sites for hydroxylation is 2. The minimum atomic E-state index is -0.993. The van der Waals surface area contributed by atoms with Gasteiger partial charge < -0.3 is 9.47 Å². The largest absolute Gasteiger partial charge is 0.442 e. The standard InChI is InChI=1S/C18H16O4/c1-11-8-9-14(12(2)10-11)16-18(20)21-15(17(19)22-16)13-6-4-3-5-7-13/h3-10,15-16H,1-2H3. The smallest absolute Gasteiger partial charge is 0.353 e. The molecule has 2 aromatic rings. The summed E-state index contributed by atoms with van der Waals surface area (Å²) in [6, 6.07) is 14.5. The summed E-state index contributed by atoms with van der Waals surface area (Å²) in [6.45, 7) is 3.85. The van der Waals surface area contributed by atoms with Crippen LogP contribution < -0.4 is 0 Å². The number of hydrogen-bond donors (Lipinski definition) is 0. The highest BCUT2D eigenvalue weighted by Gasteiger charge is 2.40. The highest BCUT2D eigenvalue weighted by Crippen LogP contribution is 2.33. The zero-order chi connectivity index (χ0) is 15.7. The average molecular weight is 296 g/mol. The monoisotopic (exact) mass is 296 g/mol. The van der Waals surface area contributed by atoms with Gasteiger partial charge >= 0.3 is 11.9 Å². The van der Waals surface area contributed by atoms with Gasteiger partial charge in [0.1, 0.15) is 0 Å². The molecule has 2 unspecified atom stereocenters. The number of benzene rings is 2. The maximum atomic E-state index is 12.3. The van der Waals surface area contributed by atoms with Crippen LogP contribution in [0.25, 0.3) is 0 Å². The Balaban J connectivity index is 1.87. The molecule has 1 saturated heterocycles. The fraction of sp³-hybridized carbons (Fsp3) is 0.222. The zero-order valence-electron chi connectivity index (χ0n) is 12.4. The van der Waals surface area contributed by atoms with E-state index in [4.69, 9.17) is 9.47 Å². The normalized spacial score (nSPS) is 21.2. The topological polar surface area (TPSA) is 52.6 Å². The summed E-state index contributed by atoms with van der Waals surface area (Å²) in [4.78, 5) is 24.5. The predicted octanol–water partition coefficient (Wildman–Crippen LogP) is 3.19. The van der Waals surface area contributed by atoms with Crippen LogP contribution >= 0.6 is 0 Å². The van der Waals surface area contributed by atoms with Crippen LogP contribution in [0.15, 0.2) is 48.5 Å². The molecule has 1 heterocycles. The van der Waals surface area contributed by atoms with Crippen molar-refractivity contribution in [1.29, 1.82) is 0 Å². The number of esters is 2. The summed E-state index contributed by atoms with van der Waals surface area (Å²) >= 11 is 0. The lowest BCUT2D eigenvalue weighted by atomic mass is 10.00. The Morgan fingerprint density at radius 3 is 2.14 bits per heavy atom. The molecule has 0 N–H and O–H groups in total. The van der Waals surface area contributed by atoms with Crippen molar-refractivity contribution in [3.8, 4) is 0 Å². The lowest BCUT2D eigenvalue weighted by Gasteiger charge is -2.28. The number of carbonyl (C=O) groups excluding carboxylic acids is 2. The lowest BCUT2D eigenvalue weighted by molar-refractivity contribution is -0.196. The zero-order valence-corrected chi connectivity index (χ0v) is 12.4. The molecule has 4 nitrogen and oxygen atoms in total. The molecule has 2 atom stereocenters. The summed E-state index contributed by atoms with van der Waals surface area (Å²) in [5.41, 5.74) is 3.25. The van der Waals surface area contributed by atoms with Crippen molar-refractivity contribution in [2.24, 2.45) is 0 Å². The first-order valence-corrected chi connectivity index (χ1v) is 7.09. The highest BCUT2D eigenvalue weighted by molar-refractivity contribution is 5.89. The summed E-state index contributed by atoms with van der Waals surface area (Å²) in [6.07, 6.45) is -1.98. The van der Waals surface area contributed by atoms with Gasteiger partial charge in [-0.3, -0.25) is 0 Å². The molecule has 0 saturated carbocycles. The van der Waals surface area contributed by atoms with Gasteiger partial charge in [-0.2, -0.15) is 0 Å². The number of ether oxygens (including phenoxy) is 2. The molecule has 112 valence electrons. The van der Waals surface area contributed by atoms with Gasteiger partial charge in [0, 0.05) is 11.1 Å². The van der Waals surface area contributed by atoms with E-state index in [2.05, 4.69) is 0 Å². The minimum Gasteiger partial charge on any atom is -0.442 e. The molecular formula is C18H16O4. The van der Waals surface area contributed by atoms with Gasteiger partial charge in [0.15, 0.2) is 0 Å². The second kappa shape index (κ2) is 5.64. The molecule has 0 amide bonds. The first kappa shape index (κ1) is 14.3. The Morgan fingerprint density at radius 1 is 0.818 bits per heavy atom. The molecule has 2 aromatic carbocycles. The fourth-order valence-corrected chi connectivity index (χ4v) is 2.59. The molecule has 22 heavy (non-hydrogen) atoms. The van der Waals surface area contributed by atoms with Crippen molar-refractivity contribution in [1.82, 2.24) is 0 Å². The first-order chi connectivity index (χ1) is 10.6. The Kier molecular flexibility index (Phi) is 3.67. The molecule has 0 radical (unpaired) electrons. The lowest BCUT2D eigenvalue weighted by Crippen LogP contribution is -2.34. The summed E-state index contributed by atoms with van der Waals surface area (Å²) in [5.74, 6) is -1.09. The summed E-state index contributed by atoms with van der Waals surface area (Å²) in [5, 5.41) is 0. The van der Waals surface area contributed by atoms with Crippen LogP contribution in [0.4, 0.5) is 0 Å². The van der Waals surface area contributed by atoms with Crippen LogP contribution in [0, 0.1) is 13.8 Å². The van der Waals surface area contributed by atoms with Gasteiger partial charge in [-0.05, 0) is 19.4 Å². The third-order valence-electron chi connectivity index (χ3n) is 3.71. The number of rotatable bonds is 2. The molecule has 0 spiro atoms. The molecule has 4 heteroatoms. The molecule has 1 aliphatic heterocycles. The Hall–Kier alpha value is -2.62. The van der Waals surface area contributed by atoms with Gasteiger partial charge in [-0.25, -0.2) is 9.59 Å². The SMILES string of the molecule is Cc1ccc(C2OC(=O)C(c3ccccc3)OC2=O)c(C)c1. The van der Waals surface area contributed by atoms with Gasteiger partial charge in [-0.1, -0.05) is 54.1 Å². The van der Waals surface area contributed by atoms with Gasteiger partial charge in [0.05, 0.1) is 0 Å². The van der Waals surface area contributed by atoms with E-state index in [1.807, 2.05) is 32.0 Å². The Labute approximate surface area is 128 Å². The molecule has 0 bridgehead atoms. The Bertz CT molecular complexity index is 721. The predicted molar refractivity (Wildman–Crippen MR) is 80.0 cm³/mol. The third kappa shape index (κ3) is 2.60. The molecule has 0 aliphatic carbocycles. The van der Waals surface area contributed by atoms with Crippen molar-refractivity contribution in [3.63, 3.8) is 0 Å². The van der Waals surface area contributed by atoms with Crippen molar-refractivity contribution in [3.05, 3.63) is 70.8 Å². The van der Waals surface area contributed by atoms with Crippen LogP contribution in [0.1, 0.15) is 34.5 Å². The summed E-state index contributed by atoms with van der Waals surface area (Å²) < 4.78 is 10.7. The van der Waals surface area contributed by atoms with Crippen molar-refractivity contribution < 1.29 is 19.1 Å². The minimum absolute atomic E-state index is 0.541. The van der Waals surface area contributed by atoms with Crippen molar-refractivity contribution in [2.45, 2.75) is 26.1 Å². The maximum Gasteiger partial charge on any atom is 0.353 e. The van der Waals surface area contributed by atoms with Crippen LogP contribution in [0.2, 0.25) is 0 Å². The van der Waals surface area contributed by atoms with Crippen LogP contribution in [0.3, 0.4) is 0 Å². The van der Waals surface area contributed by atoms with E-state index in [0.29, 0.717) is 11.1 Å². The Morgan fingerprint density at radius 2 is 1.45 bits per heavy atom. The second-order valence-corrected chi connectivity index (χ2v) is 5.40. The number of carbonyl (C=O) groups is 2. The maximum absolute atomic E-state index is 12.3. The molecule has 0 aromatic heterocycles. The summed E-state index contributed by atoms with van der Waals surface area (Å²) in [7, 11) is 0. The van der Waals surface area contributed by atoms with Crippen molar-refractivity contribution in [2.75, 3.05) is 0 Å². The van der Waals surface area contributed by atoms with E-state index in [1.165, 1.54) is 0 Å². The highest BCUT2D eigenvalue weighted by atomic mass is 16.6. The van der Waals surface area contributed by atoms with E-state index >= 15 is 0 Å². The van der Waals surface area contributed by atoms with E-state index in [-0.39, 0.29) is 0 Å². The first-order valence-electron chi connectivity index (χ1n) is 7.09. The molecule has 1 aliphatic rings. The van der Waals surface area contributed by atoms with Crippen LogP contribution in [-0.4, -0.2) is 11.9 Å². The van der Waals surface area contributed by atoms with Gasteiger partial charge in [-0.15, -0.1) is 0 Å². The van der Waals surface area contributed by atoms with E-state index in [1.54, 1.807) is 30.3 Å². The van der Waals surface area contributed by atoms with Gasteiger partial charge in [0.2, 0.25) is 12.2 Å². The van der Waals surface area contributed by atoms with Crippen LogP contribution in [-0.2, 0) is 19.1 Å². The molecular weight excluding hydrogens is 280 g/mol. The van der Waals surface area contributed by atoms with Gasteiger partial charge in [0.25, 0.3) is 0 Å². The second-order valence-electron chi connectivity index (χ2n) is 5.40.